The zero-order chi connectivity index (χ0) is 12.8. The van der Waals surface area contributed by atoms with E-state index >= 15 is 0 Å². The molecule has 4 heteroatoms. The van der Waals surface area contributed by atoms with Gasteiger partial charge in [-0.25, -0.2) is 4.98 Å². The van der Waals surface area contributed by atoms with Gasteiger partial charge in [-0.2, -0.15) is 0 Å². The van der Waals surface area contributed by atoms with E-state index in [1.165, 1.54) is 18.5 Å². The van der Waals surface area contributed by atoms with Gasteiger partial charge in [-0.05, 0) is 44.5 Å². The third kappa shape index (κ3) is 3.43. The molecule has 18 heavy (non-hydrogen) atoms. The largest absolute Gasteiger partial charge is 0.354 e. The molecular formula is C14H24N4. The van der Waals surface area contributed by atoms with Crippen molar-refractivity contribution in [2.45, 2.75) is 19.8 Å². The third-order valence-electron chi connectivity index (χ3n) is 3.58. The van der Waals surface area contributed by atoms with Crippen LogP contribution in [-0.2, 0) is 0 Å². The Balaban J connectivity index is 1.81. The maximum absolute atomic E-state index is 5.52. The van der Waals surface area contributed by atoms with E-state index < -0.39 is 0 Å². The fraction of sp³-hybridized carbons (Fsp3) is 0.643. The van der Waals surface area contributed by atoms with Crippen LogP contribution in [0.4, 0.5) is 5.82 Å². The van der Waals surface area contributed by atoms with Crippen LogP contribution >= 0.6 is 0 Å². The highest BCUT2D eigenvalue weighted by molar-refractivity contribution is 5.46. The van der Waals surface area contributed by atoms with Gasteiger partial charge in [-0.15, -0.1) is 0 Å². The number of unbranched alkanes of at least 4 members (excludes halogenated alkanes) is 1. The predicted octanol–water partition coefficient (Wildman–Crippen LogP) is 1.25. The molecule has 4 nitrogen and oxygen atoms in total. The van der Waals surface area contributed by atoms with Crippen LogP contribution in [0.5, 0.6) is 0 Å². The number of hydrogen-bond donors (Lipinski definition) is 1. The normalized spacial score (nSPS) is 17.1. The molecule has 0 saturated carbocycles. The number of aryl methyl sites for hydroxylation is 1. The van der Waals surface area contributed by atoms with Gasteiger partial charge in [-0.1, -0.05) is 6.07 Å². The Kier molecular flexibility index (Phi) is 4.96. The zero-order valence-electron chi connectivity index (χ0n) is 11.3. The van der Waals surface area contributed by atoms with E-state index in [9.17, 15) is 0 Å². The Labute approximate surface area is 110 Å². The summed E-state index contributed by atoms with van der Waals surface area (Å²) < 4.78 is 0. The van der Waals surface area contributed by atoms with Gasteiger partial charge in [0.25, 0.3) is 0 Å². The SMILES string of the molecule is Cc1cccnc1N1CCN(CCCCN)CC1. The second kappa shape index (κ2) is 6.71. The summed E-state index contributed by atoms with van der Waals surface area (Å²) in [6, 6.07) is 4.14. The summed E-state index contributed by atoms with van der Waals surface area (Å²) in [7, 11) is 0. The average molecular weight is 248 g/mol. The molecule has 1 aromatic rings. The minimum absolute atomic E-state index is 0.813. The standard InChI is InChI=1S/C14H24N4/c1-13-5-4-7-16-14(13)18-11-9-17(10-12-18)8-3-2-6-15/h4-5,7H,2-3,6,8-12,15H2,1H3. The Morgan fingerprint density at radius 3 is 2.67 bits per heavy atom. The number of aromatic nitrogens is 1. The summed E-state index contributed by atoms with van der Waals surface area (Å²) in [5.74, 6) is 1.15. The van der Waals surface area contributed by atoms with Gasteiger partial charge in [0.1, 0.15) is 5.82 Å². The van der Waals surface area contributed by atoms with Crippen LogP contribution in [0, 0.1) is 6.92 Å². The monoisotopic (exact) mass is 248 g/mol. The summed E-state index contributed by atoms with van der Waals surface area (Å²) in [6.07, 6.45) is 4.24. The number of hydrogen-bond acceptors (Lipinski definition) is 4. The lowest BCUT2D eigenvalue weighted by molar-refractivity contribution is 0.253. The molecule has 1 fully saturated rings. The molecule has 1 aliphatic rings. The van der Waals surface area contributed by atoms with Crippen molar-refractivity contribution in [2.24, 2.45) is 5.73 Å². The maximum Gasteiger partial charge on any atom is 0.131 e. The molecule has 0 aromatic carbocycles. The molecule has 0 bridgehead atoms. The number of piperazine rings is 1. The van der Waals surface area contributed by atoms with Crippen molar-refractivity contribution in [3.63, 3.8) is 0 Å². The second-order valence-corrected chi connectivity index (χ2v) is 4.97. The number of rotatable bonds is 5. The average Bonchev–Trinajstić information content (AvgIpc) is 2.41. The lowest BCUT2D eigenvalue weighted by atomic mass is 10.2. The van der Waals surface area contributed by atoms with Crippen molar-refractivity contribution in [3.05, 3.63) is 23.9 Å². The first-order valence-corrected chi connectivity index (χ1v) is 6.90. The van der Waals surface area contributed by atoms with Crippen LogP contribution < -0.4 is 10.6 Å². The van der Waals surface area contributed by atoms with Gasteiger partial charge in [0, 0.05) is 32.4 Å². The van der Waals surface area contributed by atoms with Gasteiger partial charge in [0.05, 0.1) is 0 Å². The van der Waals surface area contributed by atoms with Crippen molar-refractivity contribution in [2.75, 3.05) is 44.2 Å². The highest BCUT2D eigenvalue weighted by Gasteiger charge is 2.18. The van der Waals surface area contributed by atoms with Crippen LogP contribution in [0.1, 0.15) is 18.4 Å². The molecule has 1 aromatic heterocycles. The lowest BCUT2D eigenvalue weighted by Gasteiger charge is -2.36. The topological polar surface area (TPSA) is 45.4 Å². The first-order chi connectivity index (χ1) is 8.81. The van der Waals surface area contributed by atoms with Crippen molar-refractivity contribution in [1.29, 1.82) is 0 Å². The van der Waals surface area contributed by atoms with E-state index in [2.05, 4.69) is 27.8 Å². The van der Waals surface area contributed by atoms with E-state index in [4.69, 9.17) is 5.73 Å². The van der Waals surface area contributed by atoms with E-state index in [0.29, 0.717) is 0 Å². The molecule has 100 valence electrons. The second-order valence-electron chi connectivity index (χ2n) is 4.97. The van der Waals surface area contributed by atoms with Gasteiger partial charge in [-0.3, -0.25) is 4.90 Å². The van der Waals surface area contributed by atoms with Crippen LogP contribution in [-0.4, -0.2) is 49.2 Å². The molecule has 0 amide bonds. The van der Waals surface area contributed by atoms with E-state index in [1.807, 2.05) is 12.3 Å². The van der Waals surface area contributed by atoms with Crippen LogP contribution in [0.2, 0.25) is 0 Å². The smallest absolute Gasteiger partial charge is 0.131 e. The molecule has 1 saturated heterocycles. The number of anilines is 1. The Hall–Kier alpha value is -1.13. The quantitative estimate of drug-likeness (QED) is 0.797. The number of pyridine rings is 1. The Bertz CT molecular complexity index is 359. The van der Waals surface area contributed by atoms with Gasteiger partial charge in [0.2, 0.25) is 0 Å². The van der Waals surface area contributed by atoms with Crippen molar-refractivity contribution >= 4 is 5.82 Å². The molecule has 0 unspecified atom stereocenters. The molecular weight excluding hydrogens is 224 g/mol. The third-order valence-corrected chi connectivity index (χ3v) is 3.58. The van der Waals surface area contributed by atoms with Crippen LogP contribution in [0.15, 0.2) is 18.3 Å². The minimum atomic E-state index is 0.813. The molecule has 2 rings (SSSR count). The molecule has 0 radical (unpaired) electrons. The highest BCUT2D eigenvalue weighted by atomic mass is 15.3. The summed E-state index contributed by atoms with van der Waals surface area (Å²) in [6.45, 7) is 8.58. The minimum Gasteiger partial charge on any atom is -0.354 e. The summed E-state index contributed by atoms with van der Waals surface area (Å²) in [4.78, 5) is 9.42. The number of nitrogens with zero attached hydrogens (tertiary/aromatic N) is 3. The highest BCUT2D eigenvalue weighted by Crippen LogP contribution is 2.17. The molecule has 2 heterocycles. The molecule has 0 spiro atoms. The van der Waals surface area contributed by atoms with Crippen molar-refractivity contribution < 1.29 is 0 Å². The zero-order valence-corrected chi connectivity index (χ0v) is 11.3. The summed E-state index contributed by atoms with van der Waals surface area (Å²) >= 11 is 0. The molecule has 0 aliphatic carbocycles. The van der Waals surface area contributed by atoms with Gasteiger partial charge >= 0.3 is 0 Å². The summed E-state index contributed by atoms with van der Waals surface area (Å²) in [5.41, 5.74) is 6.80. The molecule has 0 atom stereocenters. The van der Waals surface area contributed by atoms with Gasteiger partial charge < -0.3 is 10.6 Å². The van der Waals surface area contributed by atoms with E-state index in [1.54, 1.807) is 0 Å². The maximum atomic E-state index is 5.52. The van der Waals surface area contributed by atoms with Crippen molar-refractivity contribution in [3.8, 4) is 0 Å². The Morgan fingerprint density at radius 1 is 1.22 bits per heavy atom. The predicted molar refractivity (Wildman–Crippen MR) is 75.9 cm³/mol. The first-order valence-electron chi connectivity index (χ1n) is 6.90. The fourth-order valence-electron chi connectivity index (χ4n) is 2.47. The molecule has 1 aliphatic heterocycles. The van der Waals surface area contributed by atoms with E-state index in [-0.39, 0.29) is 0 Å². The van der Waals surface area contributed by atoms with Gasteiger partial charge in [0.15, 0.2) is 0 Å². The lowest BCUT2D eigenvalue weighted by Crippen LogP contribution is -2.47. The number of nitrogens with two attached hydrogens (primary N) is 1. The fourth-order valence-corrected chi connectivity index (χ4v) is 2.47. The first kappa shape index (κ1) is 13.3. The van der Waals surface area contributed by atoms with Crippen LogP contribution in [0.25, 0.3) is 0 Å². The van der Waals surface area contributed by atoms with Crippen LogP contribution in [0.3, 0.4) is 0 Å². The van der Waals surface area contributed by atoms with Crippen molar-refractivity contribution in [1.82, 2.24) is 9.88 Å². The summed E-state index contributed by atoms with van der Waals surface area (Å²) in [5, 5.41) is 0. The Morgan fingerprint density at radius 2 is 2.00 bits per heavy atom. The molecule has 2 N–H and O–H groups in total. The van der Waals surface area contributed by atoms with E-state index in [0.717, 1.165) is 45.0 Å².